The van der Waals surface area contributed by atoms with E-state index in [9.17, 15) is 43.5 Å². The van der Waals surface area contributed by atoms with Crippen LogP contribution in [0.25, 0.3) is 10.4 Å². The lowest BCUT2D eigenvalue weighted by molar-refractivity contribution is -0.144. The van der Waals surface area contributed by atoms with Crippen LogP contribution in [-0.4, -0.2) is 111 Å². The second kappa shape index (κ2) is 25.5. The van der Waals surface area contributed by atoms with Gasteiger partial charge in [0.25, 0.3) is 0 Å². The SMILES string of the molecule is Cc1ncsc1-c1ccc(CNC(=O)[C@@H]2C[C@@H](O)CN2C(=O)[C@@H](NC(=O)CCCCCc2ccc(CNC(=O)[C@H](CCC(N)=O)NC(=O)[C@@H]3Cc4cccc5c4N3C(=O)[C@@H](NC(=O)OC(C)(C)C)CC5)cc2)C(C)(C)C)cc1. The summed E-state index contributed by atoms with van der Waals surface area (Å²) in [6, 6.07) is 16.2. The van der Waals surface area contributed by atoms with Crippen LogP contribution in [0.3, 0.4) is 0 Å². The molecule has 1 fully saturated rings. The topological polar surface area (TPSA) is 272 Å². The maximum Gasteiger partial charge on any atom is 0.408 e. The van der Waals surface area contributed by atoms with Gasteiger partial charge in [0.1, 0.15) is 35.8 Å². The summed E-state index contributed by atoms with van der Waals surface area (Å²) in [6.45, 7) is 13.1. The Labute approximate surface area is 460 Å². The molecule has 1 aromatic heterocycles. The van der Waals surface area contributed by atoms with Crippen molar-refractivity contribution in [2.45, 2.75) is 174 Å². The quantitative estimate of drug-likeness (QED) is 0.0534. The van der Waals surface area contributed by atoms with Crippen molar-refractivity contribution in [1.82, 2.24) is 36.5 Å². The fourth-order valence-electron chi connectivity index (χ4n) is 10.2. The molecule has 3 aromatic carbocycles. The molecule has 6 atom stereocenters. The highest BCUT2D eigenvalue weighted by Crippen LogP contribution is 2.39. The molecule has 19 nitrogen and oxygen atoms in total. The van der Waals surface area contributed by atoms with Crippen molar-refractivity contribution < 1.29 is 48.2 Å². The molecule has 8 N–H and O–H groups in total. The number of anilines is 1. The van der Waals surface area contributed by atoms with E-state index in [0.717, 1.165) is 63.2 Å². The minimum absolute atomic E-state index is 0.0149. The molecule has 0 radical (unpaired) electrons. The minimum atomic E-state index is -1.14. The molecule has 3 aliphatic heterocycles. The lowest BCUT2D eigenvalue weighted by Crippen LogP contribution is -2.57. The number of primary amides is 1. The van der Waals surface area contributed by atoms with E-state index in [1.165, 1.54) is 9.80 Å². The second-order valence-corrected chi connectivity index (χ2v) is 23.6. The normalized spacial score (nSPS) is 18.7. The Morgan fingerprint density at radius 3 is 2.14 bits per heavy atom. The Hall–Kier alpha value is -7.19. The fraction of sp³-hybridized carbons (Fsp3) is 0.500. The molecule has 3 aliphatic rings. The number of ether oxygens (including phenoxy) is 1. The molecule has 0 spiro atoms. The van der Waals surface area contributed by atoms with E-state index in [1.807, 2.05) is 94.4 Å². The first-order valence-electron chi connectivity index (χ1n) is 26.9. The van der Waals surface area contributed by atoms with Gasteiger partial charge in [0.05, 0.1) is 27.9 Å². The van der Waals surface area contributed by atoms with Crippen LogP contribution in [0, 0.1) is 12.3 Å². The number of rotatable bonds is 21. The number of aliphatic hydroxyl groups is 1. The number of aliphatic hydroxyl groups excluding tert-OH is 1. The van der Waals surface area contributed by atoms with Crippen LogP contribution in [0.15, 0.2) is 72.2 Å². The van der Waals surface area contributed by atoms with Gasteiger partial charge in [0.2, 0.25) is 41.4 Å². The lowest BCUT2D eigenvalue weighted by atomic mass is 9.85. The number of likely N-dealkylation sites (tertiary alicyclic amines) is 1. The molecule has 4 aromatic rings. The maximum atomic E-state index is 14.1. The van der Waals surface area contributed by atoms with Gasteiger partial charge in [-0.1, -0.05) is 93.9 Å². The molecule has 1 saturated heterocycles. The predicted octanol–water partition coefficient (Wildman–Crippen LogP) is 5.19. The van der Waals surface area contributed by atoms with Crippen molar-refractivity contribution in [1.29, 1.82) is 0 Å². The zero-order valence-electron chi connectivity index (χ0n) is 45.7. The van der Waals surface area contributed by atoms with Crippen LogP contribution in [0.1, 0.15) is 126 Å². The van der Waals surface area contributed by atoms with Crippen molar-refractivity contribution >= 4 is 64.5 Å². The van der Waals surface area contributed by atoms with Crippen LogP contribution >= 0.6 is 11.3 Å². The van der Waals surface area contributed by atoms with Gasteiger partial charge < -0.3 is 47.1 Å². The number of alkyl carbamates (subject to hydrolysis) is 1. The smallest absolute Gasteiger partial charge is 0.408 e. The Morgan fingerprint density at radius 1 is 0.821 bits per heavy atom. The van der Waals surface area contributed by atoms with Crippen molar-refractivity contribution in [2.75, 3.05) is 11.4 Å². The Balaban J connectivity index is 0.857. The summed E-state index contributed by atoms with van der Waals surface area (Å²) < 4.78 is 5.42. The monoisotopic (exact) mass is 1090 g/mol. The third kappa shape index (κ3) is 15.3. The number of carbonyl (C=O) groups excluding carboxylic acids is 8. The van der Waals surface area contributed by atoms with Crippen molar-refractivity contribution in [2.24, 2.45) is 11.1 Å². The molecule has 4 heterocycles. The van der Waals surface area contributed by atoms with Crippen LogP contribution in [0.4, 0.5) is 10.5 Å². The number of aromatic nitrogens is 1. The summed E-state index contributed by atoms with van der Waals surface area (Å²) in [7, 11) is 0. The van der Waals surface area contributed by atoms with E-state index in [0.29, 0.717) is 24.9 Å². The molecular formula is C58H75N9O10S. The van der Waals surface area contributed by atoms with Gasteiger partial charge in [-0.25, -0.2) is 9.78 Å². The number of aryl methyl sites for hydroxylation is 3. The summed E-state index contributed by atoms with van der Waals surface area (Å²) in [6.07, 6.45) is 2.24. The van der Waals surface area contributed by atoms with Gasteiger partial charge in [-0.2, -0.15) is 0 Å². The molecule has 78 heavy (non-hydrogen) atoms. The van der Waals surface area contributed by atoms with Gasteiger partial charge in [-0.05, 0) is 105 Å². The van der Waals surface area contributed by atoms with E-state index < -0.39 is 83.0 Å². The summed E-state index contributed by atoms with van der Waals surface area (Å²) in [5.41, 5.74) is 12.8. The summed E-state index contributed by atoms with van der Waals surface area (Å²) in [5, 5.41) is 24.9. The molecular weight excluding hydrogens is 1010 g/mol. The standard InChI is InChI=1S/C58H75N9O10S/c1-34-49(78-33-62-34)39-22-20-37(21-23-39)31-61-52(72)44-29-41(68)32-66(44)55(75)50(57(2,3)4)65-47(70)15-10-8-9-12-35-16-18-36(19-17-35)30-60-51(71)42(26-27-46(59)69)63-53(73)45-28-40-14-11-13-38-24-25-43(54(74)67(45)48(38)40)64-56(76)77-58(5,6)7/h11,13-14,16-23,33,41-45,50,68H,8-10,12,15,24-32H2,1-7H3,(H2,59,69)(H,60,71)(H,61,72)(H,63,73)(H,64,76)(H,65,70)/t41-,42+,43+,44+,45+,50-/m1/s1. The number of hydrogen-bond donors (Lipinski definition) is 7. The number of thiazole rings is 1. The van der Waals surface area contributed by atoms with Crippen LogP contribution < -0.4 is 37.2 Å². The molecule has 20 heteroatoms. The van der Waals surface area contributed by atoms with Crippen molar-refractivity contribution in [3.8, 4) is 10.4 Å². The summed E-state index contributed by atoms with van der Waals surface area (Å²) in [4.78, 5) is 116. The number of nitrogens with one attached hydrogen (secondary N) is 5. The number of para-hydroxylation sites is 1. The first kappa shape index (κ1) is 58.5. The number of benzene rings is 3. The zero-order valence-corrected chi connectivity index (χ0v) is 46.6. The molecule has 418 valence electrons. The zero-order chi connectivity index (χ0) is 56.5. The van der Waals surface area contributed by atoms with E-state index in [1.54, 1.807) is 37.6 Å². The van der Waals surface area contributed by atoms with Crippen LogP contribution in [0.5, 0.6) is 0 Å². The minimum Gasteiger partial charge on any atom is -0.444 e. The number of β-amino-alcohol motifs (C(OH)–C–C–N with tert-alkyl or cyclic N) is 1. The molecule has 7 rings (SSSR count). The number of hydrogen-bond acceptors (Lipinski definition) is 12. The number of carbonyl (C=O) groups is 8. The van der Waals surface area contributed by atoms with Crippen molar-refractivity contribution in [3.63, 3.8) is 0 Å². The summed E-state index contributed by atoms with van der Waals surface area (Å²) >= 11 is 1.56. The fourth-order valence-corrected chi connectivity index (χ4v) is 11.0. The first-order chi connectivity index (χ1) is 36.9. The van der Waals surface area contributed by atoms with Gasteiger partial charge in [0, 0.05) is 45.3 Å². The highest BCUT2D eigenvalue weighted by Gasteiger charge is 2.46. The van der Waals surface area contributed by atoms with Crippen LogP contribution in [-0.2, 0) is 70.7 Å². The largest absolute Gasteiger partial charge is 0.444 e. The third-order valence-corrected chi connectivity index (χ3v) is 15.3. The Kier molecular flexibility index (Phi) is 19.1. The lowest BCUT2D eigenvalue weighted by Gasteiger charge is -2.35. The van der Waals surface area contributed by atoms with E-state index in [-0.39, 0.29) is 63.6 Å². The third-order valence-electron chi connectivity index (χ3n) is 14.3. The van der Waals surface area contributed by atoms with Gasteiger partial charge >= 0.3 is 6.09 Å². The molecule has 0 saturated carbocycles. The Morgan fingerprint density at radius 2 is 1.49 bits per heavy atom. The highest BCUT2D eigenvalue weighted by molar-refractivity contribution is 7.13. The summed E-state index contributed by atoms with van der Waals surface area (Å²) in [5.74, 6) is -3.29. The van der Waals surface area contributed by atoms with Gasteiger partial charge in [-0.3, -0.25) is 38.5 Å². The average Bonchev–Trinajstić information content (AvgIpc) is 4.32. The number of unbranched alkanes of at least 4 members (excludes halogenated alkanes) is 2. The highest BCUT2D eigenvalue weighted by atomic mass is 32.1. The van der Waals surface area contributed by atoms with E-state index in [2.05, 4.69) is 31.6 Å². The van der Waals surface area contributed by atoms with E-state index >= 15 is 0 Å². The average molecular weight is 1090 g/mol. The van der Waals surface area contributed by atoms with Crippen LogP contribution in [0.2, 0.25) is 0 Å². The number of nitrogens with two attached hydrogens (primary N) is 1. The predicted molar refractivity (Wildman–Crippen MR) is 295 cm³/mol. The molecule has 0 bridgehead atoms. The second-order valence-electron chi connectivity index (χ2n) is 22.7. The maximum absolute atomic E-state index is 14.1. The first-order valence-corrected chi connectivity index (χ1v) is 27.8. The molecule has 0 aliphatic carbocycles. The van der Waals surface area contributed by atoms with Gasteiger partial charge in [-0.15, -0.1) is 11.3 Å². The Bertz CT molecular complexity index is 2840. The molecule has 8 amide bonds. The van der Waals surface area contributed by atoms with E-state index in [4.69, 9.17) is 10.5 Å². The number of nitrogens with zero attached hydrogens (tertiary/aromatic N) is 3. The van der Waals surface area contributed by atoms with Gasteiger partial charge in [0.15, 0.2) is 0 Å². The van der Waals surface area contributed by atoms with Crippen molar-refractivity contribution in [3.05, 3.63) is 106 Å². The number of amides is 8. The molecule has 0 unspecified atom stereocenters.